The second kappa shape index (κ2) is 11.0. The Morgan fingerprint density at radius 1 is 1.00 bits per heavy atom. The normalized spacial score (nSPS) is 14.9. The molecule has 1 aromatic heterocycles. The van der Waals surface area contributed by atoms with Crippen LogP contribution in [0.1, 0.15) is 11.8 Å². The lowest BCUT2D eigenvalue weighted by Crippen LogP contribution is -2.48. The van der Waals surface area contributed by atoms with Crippen LogP contribution in [-0.4, -0.2) is 71.9 Å². The maximum Gasteiger partial charge on any atom is 0.414 e. The quantitative estimate of drug-likeness (QED) is 0.557. The molecule has 1 aliphatic rings. The Morgan fingerprint density at radius 3 is 2.03 bits per heavy atom. The molecule has 0 aliphatic carbocycles. The summed E-state index contributed by atoms with van der Waals surface area (Å²) < 4.78 is 27.1. The average molecular weight is 470 g/mol. The number of thiophene rings is 1. The molecule has 1 aromatic carbocycles. The largest absolute Gasteiger partial charge is 0.473 e. The molecule has 0 bridgehead atoms. The summed E-state index contributed by atoms with van der Waals surface area (Å²) in [7, 11) is -3.50. The Labute approximate surface area is 183 Å². The van der Waals surface area contributed by atoms with Crippen LogP contribution in [0.15, 0.2) is 46.7 Å². The second-order valence-corrected chi connectivity index (χ2v) is 9.55. The van der Waals surface area contributed by atoms with Gasteiger partial charge in [0.05, 0.1) is 4.90 Å². The molecule has 2 aromatic rings. The van der Waals surface area contributed by atoms with E-state index in [2.05, 4.69) is 21.7 Å². The number of hydrogen-bond donors (Lipinski definition) is 3. The summed E-state index contributed by atoms with van der Waals surface area (Å²) in [4.78, 5) is 33.1. The molecule has 1 saturated heterocycles. The van der Waals surface area contributed by atoms with E-state index in [1.165, 1.54) is 16.1 Å². The highest BCUT2D eigenvalue weighted by atomic mass is 32.2. The van der Waals surface area contributed by atoms with E-state index in [9.17, 15) is 13.2 Å². The van der Waals surface area contributed by atoms with Crippen molar-refractivity contribution in [2.45, 2.75) is 18.4 Å². The number of amides is 1. The van der Waals surface area contributed by atoms with Crippen molar-refractivity contribution >= 4 is 44.9 Å². The van der Waals surface area contributed by atoms with Crippen molar-refractivity contribution in [2.75, 3.05) is 31.5 Å². The van der Waals surface area contributed by atoms with Gasteiger partial charge in [-0.05, 0) is 35.7 Å². The van der Waals surface area contributed by atoms with Crippen molar-refractivity contribution in [1.82, 2.24) is 9.21 Å². The van der Waals surface area contributed by atoms with E-state index >= 15 is 0 Å². The molecule has 0 spiro atoms. The third kappa shape index (κ3) is 7.43. The Bertz CT molecular complexity index is 986. The molecule has 10 nitrogen and oxygen atoms in total. The van der Waals surface area contributed by atoms with Crippen LogP contribution >= 0.6 is 11.3 Å². The zero-order valence-corrected chi connectivity index (χ0v) is 18.4. The van der Waals surface area contributed by atoms with Crippen LogP contribution in [0.2, 0.25) is 0 Å². The molecule has 168 valence electrons. The average Bonchev–Trinajstić information content (AvgIpc) is 3.22. The predicted octanol–water partition coefficient (Wildman–Crippen LogP) is 1.37. The molecular formula is C19H23N3O7S2. The summed E-state index contributed by atoms with van der Waals surface area (Å²) in [6.45, 7) is 4.71. The van der Waals surface area contributed by atoms with Gasteiger partial charge in [-0.15, -0.1) is 11.3 Å². The van der Waals surface area contributed by atoms with Gasteiger partial charge in [0, 0.05) is 50.2 Å². The number of carbonyl (C=O) groups is 3. The standard InChI is InChI=1S/C17H21N3O3S2.C2H2O4/c1-14(21)18-15-4-6-17(7-5-15)25(22,23)20-10-8-19(9-11-20)13-16-3-2-12-24-16;3-1(4)2(5)6/h2-7,12H,8-11,13H2,1H3,(H,18,21);(H,3,4)(H,5,6). The van der Waals surface area contributed by atoms with E-state index in [4.69, 9.17) is 19.8 Å². The van der Waals surface area contributed by atoms with Crippen LogP contribution < -0.4 is 5.32 Å². The van der Waals surface area contributed by atoms with Gasteiger partial charge in [0.15, 0.2) is 0 Å². The monoisotopic (exact) mass is 469 g/mol. The van der Waals surface area contributed by atoms with Crippen LogP contribution in [0.5, 0.6) is 0 Å². The smallest absolute Gasteiger partial charge is 0.414 e. The Morgan fingerprint density at radius 2 is 1.58 bits per heavy atom. The molecule has 0 radical (unpaired) electrons. The van der Waals surface area contributed by atoms with E-state index < -0.39 is 22.0 Å². The summed E-state index contributed by atoms with van der Waals surface area (Å²) in [5.41, 5.74) is 0.590. The molecule has 0 unspecified atom stereocenters. The van der Waals surface area contributed by atoms with Gasteiger partial charge in [0.25, 0.3) is 0 Å². The summed E-state index contributed by atoms with van der Waals surface area (Å²) in [5, 5.41) is 19.5. The molecule has 1 fully saturated rings. The molecule has 2 heterocycles. The first kappa shape index (κ1) is 24.5. The zero-order chi connectivity index (χ0) is 23.0. The summed E-state index contributed by atoms with van der Waals surface area (Å²) in [5.74, 6) is -3.83. The van der Waals surface area contributed by atoms with E-state index in [1.807, 2.05) is 6.07 Å². The fourth-order valence-corrected chi connectivity index (χ4v) is 4.98. The van der Waals surface area contributed by atoms with Crippen LogP contribution in [0.3, 0.4) is 0 Å². The molecule has 3 rings (SSSR count). The zero-order valence-electron chi connectivity index (χ0n) is 16.7. The first-order valence-electron chi connectivity index (χ1n) is 9.18. The molecular weight excluding hydrogens is 446 g/mol. The first-order valence-corrected chi connectivity index (χ1v) is 11.5. The van der Waals surface area contributed by atoms with Gasteiger partial charge < -0.3 is 15.5 Å². The highest BCUT2D eigenvalue weighted by Crippen LogP contribution is 2.21. The van der Waals surface area contributed by atoms with Gasteiger partial charge in [-0.2, -0.15) is 4.31 Å². The predicted molar refractivity (Wildman–Crippen MR) is 114 cm³/mol. The summed E-state index contributed by atoms with van der Waals surface area (Å²) in [6, 6.07) is 10.4. The number of rotatable bonds is 5. The van der Waals surface area contributed by atoms with Gasteiger partial charge in [0.2, 0.25) is 15.9 Å². The highest BCUT2D eigenvalue weighted by molar-refractivity contribution is 7.89. The van der Waals surface area contributed by atoms with E-state index in [1.54, 1.807) is 35.6 Å². The van der Waals surface area contributed by atoms with Crippen molar-refractivity contribution in [1.29, 1.82) is 0 Å². The van der Waals surface area contributed by atoms with Gasteiger partial charge in [-0.1, -0.05) is 6.07 Å². The number of carboxylic acid groups (broad SMARTS) is 2. The maximum absolute atomic E-state index is 12.8. The minimum Gasteiger partial charge on any atom is -0.473 e. The number of benzene rings is 1. The molecule has 31 heavy (non-hydrogen) atoms. The maximum atomic E-state index is 12.8. The Kier molecular flexibility index (Phi) is 8.68. The summed E-state index contributed by atoms with van der Waals surface area (Å²) in [6.07, 6.45) is 0. The number of aliphatic carboxylic acids is 2. The van der Waals surface area contributed by atoms with E-state index in [-0.39, 0.29) is 10.8 Å². The number of nitrogens with zero attached hydrogens (tertiary/aromatic N) is 2. The topological polar surface area (TPSA) is 144 Å². The lowest BCUT2D eigenvalue weighted by Gasteiger charge is -2.33. The van der Waals surface area contributed by atoms with Crippen LogP contribution in [0, 0.1) is 0 Å². The minimum atomic E-state index is -3.50. The van der Waals surface area contributed by atoms with Gasteiger partial charge in [0.1, 0.15) is 0 Å². The number of piperazine rings is 1. The number of sulfonamides is 1. The number of hydrogen-bond acceptors (Lipinski definition) is 7. The molecule has 3 N–H and O–H groups in total. The number of carbonyl (C=O) groups excluding carboxylic acids is 1. The number of carboxylic acids is 2. The summed E-state index contributed by atoms with van der Waals surface area (Å²) >= 11 is 1.72. The molecule has 1 amide bonds. The van der Waals surface area contributed by atoms with Crippen LogP contribution in [0.25, 0.3) is 0 Å². The van der Waals surface area contributed by atoms with Gasteiger partial charge in [-0.3, -0.25) is 9.69 Å². The lowest BCUT2D eigenvalue weighted by atomic mass is 10.3. The minimum absolute atomic E-state index is 0.183. The van der Waals surface area contributed by atoms with Crippen molar-refractivity contribution in [3.05, 3.63) is 46.7 Å². The second-order valence-electron chi connectivity index (χ2n) is 6.58. The third-order valence-corrected chi connectivity index (χ3v) is 7.06. The van der Waals surface area contributed by atoms with Gasteiger partial charge in [-0.25, -0.2) is 18.0 Å². The van der Waals surface area contributed by atoms with Crippen LogP contribution in [0.4, 0.5) is 5.69 Å². The van der Waals surface area contributed by atoms with E-state index in [0.29, 0.717) is 18.8 Å². The van der Waals surface area contributed by atoms with Crippen molar-refractivity contribution in [2.24, 2.45) is 0 Å². The fraction of sp³-hybridized carbons (Fsp3) is 0.316. The number of anilines is 1. The SMILES string of the molecule is CC(=O)Nc1ccc(S(=O)(=O)N2CCN(Cc3cccs3)CC2)cc1.O=C(O)C(=O)O. The lowest BCUT2D eigenvalue weighted by molar-refractivity contribution is -0.159. The van der Waals surface area contributed by atoms with Crippen molar-refractivity contribution in [3.8, 4) is 0 Å². The molecule has 0 saturated carbocycles. The fourth-order valence-electron chi connectivity index (χ4n) is 2.81. The van der Waals surface area contributed by atoms with Crippen molar-refractivity contribution < 1.29 is 33.0 Å². The molecule has 1 aliphatic heterocycles. The van der Waals surface area contributed by atoms with Gasteiger partial charge >= 0.3 is 11.9 Å². The Hall–Kier alpha value is -2.80. The first-order chi connectivity index (χ1) is 14.6. The van der Waals surface area contributed by atoms with E-state index in [0.717, 1.165) is 19.6 Å². The third-order valence-electron chi connectivity index (χ3n) is 4.29. The van der Waals surface area contributed by atoms with Crippen LogP contribution in [-0.2, 0) is 31.0 Å². The van der Waals surface area contributed by atoms with Crippen molar-refractivity contribution in [3.63, 3.8) is 0 Å². The Balaban J connectivity index is 0.000000501. The molecule has 12 heteroatoms. The highest BCUT2D eigenvalue weighted by Gasteiger charge is 2.28. The molecule has 0 atom stereocenters. The number of nitrogens with one attached hydrogen (secondary N) is 1.